The van der Waals surface area contributed by atoms with Crippen LogP contribution < -0.4 is 15.5 Å². The quantitative estimate of drug-likeness (QED) is 0.303. The van der Waals surface area contributed by atoms with Crippen molar-refractivity contribution in [3.63, 3.8) is 0 Å². The average molecular weight is 473 g/mol. The molecule has 0 saturated carbocycles. The third-order valence-electron chi connectivity index (χ3n) is 6.34. The zero-order valence-corrected chi connectivity index (χ0v) is 19.6. The monoisotopic (exact) mass is 472 g/mol. The smallest absolute Gasteiger partial charge is 0.227 e. The molecule has 4 atom stereocenters. The number of aromatic nitrogens is 3. The van der Waals surface area contributed by atoms with Crippen molar-refractivity contribution in [2.45, 2.75) is 57.5 Å². The van der Waals surface area contributed by atoms with Gasteiger partial charge in [-0.2, -0.15) is 4.98 Å². The molecule has 2 aromatic rings. The summed E-state index contributed by atoms with van der Waals surface area (Å²) in [5.41, 5.74) is 1.45. The number of aliphatic hydroxyl groups excluding tert-OH is 2. The molecule has 4 heterocycles. The van der Waals surface area contributed by atoms with E-state index in [9.17, 15) is 14.6 Å². The Hall–Kier alpha value is -3.05. The van der Waals surface area contributed by atoms with Gasteiger partial charge >= 0.3 is 0 Å². The first-order valence-electron chi connectivity index (χ1n) is 11.8. The summed E-state index contributed by atoms with van der Waals surface area (Å²) in [4.78, 5) is 16.8. The second-order valence-corrected chi connectivity index (χ2v) is 8.99. The number of hydrogen-bond donors (Lipinski definition) is 5. The summed E-state index contributed by atoms with van der Waals surface area (Å²) < 4.78 is 14.0. The van der Waals surface area contributed by atoms with E-state index in [0.717, 1.165) is 12.1 Å². The summed E-state index contributed by atoms with van der Waals surface area (Å²) in [5, 5.41) is 34.8. The van der Waals surface area contributed by atoms with Gasteiger partial charge in [0.1, 0.15) is 23.6 Å². The predicted molar refractivity (Wildman–Crippen MR) is 130 cm³/mol. The average Bonchev–Trinajstić information content (AvgIpc) is 3.27. The van der Waals surface area contributed by atoms with Crippen LogP contribution in [0.15, 0.2) is 24.5 Å². The fraction of sp³-hybridized carbons (Fsp3) is 0.565. The van der Waals surface area contributed by atoms with Gasteiger partial charge in [0.05, 0.1) is 30.0 Å². The number of piperidine rings is 1. The van der Waals surface area contributed by atoms with Crippen molar-refractivity contribution < 1.29 is 14.6 Å². The fourth-order valence-electron chi connectivity index (χ4n) is 4.09. The Morgan fingerprint density at radius 1 is 1.24 bits per heavy atom. The maximum absolute atomic E-state index is 14.0. The molecule has 0 bridgehead atoms. The van der Waals surface area contributed by atoms with E-state index in [-0.39, 0.29) is 12.6 Å². The Morgan fingerprint density at radius 2 is 2.06 bits per heavy atom. The van der Waals surface area contributed by atoms with Crippen molar-refractivity contribution >= 4 is 29.1 Å². The van der Waals surface area contributed by atoms with Gasteiger partial charge in [-0.05, 0) is 32.3 Å². The first kappa shape index (κ1) is 24.1. The SMILES string of the molecule is CCC(C)Nc1cc(Nc2ccnc(N3CCC(O)C(F)C3)n2)ncc1C(=N)N1CCC(O)C1. The molecule has 34 heavy (non-hydrogen) atoms. The molecule has 4 rings (SSSR count). The van der Waals surface area contributed by atoms with Gasteiger partial charge in [0.2, 0.25) is 5.95 Å². The largest absolute Gasteiger partial charge is 0.391 e. The number of β-amino-alcohol motifs (C(OH)–C–C–N with tert-alkyl or cyclic N) is 1. The van der Waals surface area contributed by atoms with E-state index >= 15 is 0 Å². The highest BCUT2D eigenvalue weighted by atomic mass is 19.1. The molecule has 5 N–H and O–H groups in total. The highest BCUT2D eigenvalue weighted by molar-refractivity contribution is 6.01. The van der Waals surface area contributed by atoms with Gasteiger partial charge < -0.3 is 30.6 Å². The lowest BCUT2D eigenvalue weighted by atomic mass is 10.1. The summed E-state index contributed by atoms with van der Waals surface area (Å²) in [5.74, 6) is 1.78. The Balaban J connectivity index is 1.54. The van der Waals surface area contributed by atoms with E-state index in [0.29, 0.717) is 61.5 Å². The third-order valence-corrected chi connectivity index (χ3v) is 6.34. The van der Waals surface area contributed by atoms with Crippen LogP contribution in [0.25, 0.3) is 0 Å². The summed E-state index contributed by atoms with van der Waals surface area (Å²) in [6, 6.07) is 3.75. The molecule has 0 radical (unpaired) electrons. The summed E-state index contributed by atoms with van der Waals surface area (Å²) in [6.45, 7) is 5.77. The van der Waals surface area contributed by atoms with E-state index < -0.39 is 18.4 Å². The fourth-order valence-corrected chi connectivity index (χ4v) is 4.09. The first-order valence-corrected chi connectivity index (χ1v) is 11.8. The van der Waals surface area contributed by atoms with Crippen LogP contribution >= 0.6 is 0 Å². The minimum atomic E-state index is -1.33. The highest BCUT2D eigenvalue weighted by Crippen LogP contribution is 2.26. The molecule has 184 valence electrons. The molecule has 2 aromatic heterocycles. The molecule has 2 aliphatic rings. The van der Waals surface area contributed by atoms with Gasteiger partial charge in [-0.3, -0.25) is 5.41 Å². The Bertz CT molecular complexity index is 1010. The molecule has 0 amide bonds. The van der Waals surface area contributed by atoms with Crippen LogP contribution in [0.5, 0.6) is 0 Å². The standard InChI is InChI=1S/C23H33FN8O2/c1-3-14(2)28-18-10-21(27-11-16(18)22(25)31-8-5-15(33)12-31)29-20-4-7-26-23(30-20)32-9-6-19(34)17(24)13-32/h4,7,10-11,14-15,17,19,25,33-34H,3,5-6,8-9,12-13H2,1-2H3,(H2,26,27,28,29,30). The number of aliphatic hydroxyl groups is 2. The molecule has 0 spiro atoms. The van der Waals surface area contributed by atoms with Gasteiger partial charge in [-0.1, -0.05) is 6.92 Å². The summed E-state index contributed by atoms with van der Waals surface area (Å²) >= 11 is 0. The molecule has 2 aliphatic heterocycles. The van der Waals surface area contributed by atoms with Crippen LogP contribution in [0.4, 0.5) is 27.7 Å². The van der Waals surface area contributed by atoms with Gasteiger partial charge in [0.25, 0.3) is 0 Å². The molecular weight excluding hydrogens is 439 g/mol. The van der Waals surface area contributed by atoms with Crippen LogP contribution in [0, 0.1) is 5.41 Å². The number of nitrogens with one attached hydrogen (secondary N) is 3. The van der Waals surface area contributed by atoms with Gasteiger partial charge in [-0.25, -0.2) is 14.4 Å². The molecule has 11 heteroatoms. The van der Waals surface area contributed by atoms with Crippen molar-refractivity contribution in [3.8, 4) is 0 Å². The minimum Gasteiger partial charge on any atom is -0.391 e. The zero-order chi connectivity index (χ0) is 24.2. The number of halogens is 1. The van der Waals surface area contributed by atoms with E-state index in [1.807, 2.05) is 11.0 Å². The topological polar surface area (TPSA) is 134 Å². The van der Waals surface area contributed by atoms with Crippen molar-refractivity contribution in [2.24, 2.45) is 0 Å². The van der Waals surface area contributed by atoms with E-state index in [4.69, 9.17) is 5.41 Å². The molecule has 4 unspecified atom stereocenters. The van der Waals surface area contributed by atoms with Gasteiger partial charge in [0.15, 0.2) is 0 Å². The first-order chi connectivity index (χ1) is 16.3. The second-order valence-electron chi connectivity index (χ2n) is 8.99. The minimum absolute atomic E-state index is 0.0495. The molecule has 2 fully saturated rings. The molecule has 10 nitrogen and oxygen atoms in total. The molecule has 0 aromatic carbocycles. The maximum atomic E-state index is 14.0. The number of anilines is 4. The second kappa shape index (κ2) is 10.5. The molecule has 0 aliphatic carbocycles. The Labute approximate surface area is 198 Å². The maximum Gasteiger partial charge on any atom is 0.227 e. The van der Waals surface area contributed by atoms with Crippen LogP contribution in [0.2, 0.25) is 0 Å². The third kappa shape index (κ3) is 5.53. The van der Waals surface area contributed by atoms with E-state index in [2.05, 4.69) is 39.4 Å². The molecule has 2 saturated heterocycles. The lowest BCUT2D eigenvalue weighted by Gasteiger charge is -2.32. The number of nitrogens with zero attached hydrogens (tertiary/aromatic N) is 5. The highest BCUT2D eigenvalue weighted by Gasteiger charge is 2.29. The predicted octanol–water partition coefficient (Wildman–Crippen LogP) is 2.13. The molecular formula is C23H33FN8O2. The van der Waals surface area contributed by atoms with Crippen LogP contribution in [0.3, 0.4) is 0 Å². The summed E-state index contributed by atoms with van der Waals surface area (Å²) in [7, 11) is 0. The van der Waals surface area contributed by atoms with Gasteiger partial charge in [0, 0.05) is 44.1 Å². The summed E-state index contributed by atoms with van der Waals surface area (Å²) in [6.07, 6.45) is 2.46. The van der Waals surface area contributed by atoms with Crippen molar-refractivity contribution in [1.82, 2.24) is 19.9 Å². The number of rotatable bonds is 7. The number of alkyl halides is 1. The number of likely N-dealkylation sites (tertiary alicyclic amines) is 1. The zero-order valence-electron chi connectivity index (χ0n) is 19.6. The number of amidine groups is 1. The lowest BCUT2D eigenvalue weighted by molar-refractivity contribution is 0.0612. The Kier molecular flexibility index (Phi) is 7.42. The Morgan fingerprint density at radius 3 is 2.76 bits per heavy atom. The van der Waals surface area contributed by atoms with Crippen LogP contribution in [0.1, 0.15) is 38.7 Å². The number of pyridine rings is 1. The van der Waals surface area contributed by atoms with E-state index in [1.54, 1.807) is 23.4 Å². The van der Waals surface area contributed by atoms with Gasteiger partial charge in [-0.15, -0.1) is 0 Å². The van der Waals surface area contributed by atoms with Crippen LogP contribution in [-0.2, 0) is 0 Å². The lowest BCUT2D eigenvalue weighted by Crippen LogP contribution is -2.45. The van der Waals surface area contributed by atoms with Crippen LogP contribution in [-0.4, -0.2) is 86.5 Å². The number of hydrogen-bond acceptors (Lipinski definition) is 9. The van der Waals surface area contributed by atoms with E-state index in [1.165, 1.54) is 0 Å². The normalized spacial score (nSPS) is 23.6. The van der Waals surface area contributed by atoms with Crippen molar-refractivity contribution in [2.75, 3.05) is 41.7 Å². The van der Waals surface area contributed by atoms with Crippen molar-refractivity contribution in [3.05, 3.63) is 30.1 Å². The van der Waals surface area contributed by atoms with Crippen molar-refractivity contribution in [1.29, 1.82) is 5.41 Å².